The number of fused-ring (bicyclic) bond motifs is 3. The Morgan fingerprint density at radius 3 is 2.34 bits per heavy atom. The Morgan fingerprint density at radius 2 is 1.71 bits per heavy atom. The third-order valence-corrected chi connectivity index (χ3v) is 6.40. The molecule has 9 nitrogen and oxygen atoms in total. The molecule has 0 spiro atoms. The molecule has 2 aromatic carbocycles. The van der Waals surface area contributed by atoms with E-state index in [0.717, 1.165) is 35.1 Å². The number of aliphatic carboxylic acids is 1. The first kappa shape index (κ1) is 22.6. The standard InChI is InChI=1S/C26H26N4O5/c31-24(30(18-9-10-18)12-11-25(32)33)15-29-14-17(13-27-29)28-26(34)35-16-23-21-7-3-1-5-19(21)20-6-2-4-8-22(20)23/h1-8,13-14,18,23H,9-12,15-16H2,(H,28,34)(H,32,33). The average Bonchev–Trinajstić information content (AvgIpc) is 3.50. The van der Waals surface area contributed by atoms with Crippen molar-refractivity contribution in [2.24, 2.45) is 0 Å². The second kappa shape index (κ2) is 9.61. The largest absolute Gasteiger partial charge is 0.481 e. The third-order valence-electron chi connectivity index (χ3n) is 6.40. The summed E-state index contributed by atoms with van der Waals surface area (Å²) in [5, 5.41) is 15.7. The number of nitrogens with one attached hydrogen (secondary N) is 1. The lowest BCUT2D eigenvalue weighted by atomic mass is 9.98. The minimum Gasteiger partial charge on any atom is -0.481 e. The van der Waals surface area contributed by atoms with Gasteiger partial charge in [-0.3, -0.25) is 19.6 Å². The van der Waals surface area contributed by atoms with Gasteiger partial charge in [-0.25, -0.2) is 4.79 Å². The van der Waals surface area contributed by atoms with Gasteiger partial charge >= 0.3 is 12.1 Å². The fourth-order valence-electron chi connectivity index (χ4n) is 4.61. The van der Waals surface area contributed by atoms with Crippen LogP contribution in [0.3, 0.4) is 0 Å². The Kier molecular flexibility index (Phi) is 6.22. The predicted molar refractivity (Wildman–Crippen MR) is 128 cm³/mol. The van der Waals surface area contributed by atoms with Crippen molar-refractivity contribution in [3.8, 4) is 11.1 Å². The summed E-state index contributed by atoms with van der Waals surface area (Å²) in [5.41, 5.74) is 5.00. The normalized spacial score (nSPS) is 14.2. The lowest BCUT2D eigenvalue weighted by Crippen LogP contribution is -2.37. The van der Waals surface area contributed by atoms with Crippen molar-refractivity contribution in [3.05, 3.63) is 72.1 Å². The smallest absolute Gasteiger partial charge is 0.411 e. The summed E-state index contributed by atoms with van der Waals surface area (Å²) in [6.07, 6.45) is 4.10. The first-order valence-corrected chi connectivity index (χ1v) is 11.7. The minimum atomic E-state index is -0.933. The van der Waals surface area contributed by atoms with Crippen LogP contribution in [0.5, 0.6) is 0 Å². The van der Waals surface area contributed by atoms with E-state index in [2.05, 4.69) is 34.7 Å². The fourth-order valence-corrected chi connectivity index (χ4v) is 4.61. The number of carboxylic acid groups (broad SMARTS) is 1. The van der Waals surface area contributed by atoms with Crippen molar-refractivity contribution in [3.63, 3.8) is 0 Å². The molecule has 0 aliphatic heterocycles. The molecule has 0 atom stereocenters. The van der Waals surface area contributed by atoms with Gasteiger partial charge in [0.25, 0.3) is 0 Å². The van der Waals surface area contributed by atoms with Gasteiger partial charge in [0.2, 0.25) is 5.91 Å². The molecule has 0 radical (unpaired) electrons. The number of carbonyl (C=O) groups is 3. The topological polar surface area (TPSA) is 114 Å². The van der Waals surface area contributed by atoms with Crippen molar-refractivity contribution >= 4 is 23.7 Å². The van der Waals surface area contributed by atoms with Crippen molar-refractivity contribution in [1.82, 2.24) is 14.7 Å². The molecular weight excluding hydrogens is 448 g/mol. The first-order valence-electron chi connectivity index (χ1n) is 11.7. The van der Waals surface area contributed by atoms with Crippen molar-refractivity contribution < 1.29 is 24.2 Å². The zero-order chi connectivity index (χ0) is 24.4. The number of benzene rings is 2. The number of carboxylic acids is 1. The van der Waals surface area contributed by atoms with E-state index in [0.29, 0.717) is 5.69 Å². The molecule has 0 bridgehead atoms. The van der Waals surface area contributed by atoms with E-state index in [1.54, 1.807) is 11.1 Å². The van der Waals surface area contributed by atoms with Crippen LogP contribution >= 0.6 is 0 Å². The van der Waals surface area contributed by atoms with Gasteiger partial charge in [0, 0.05) is 24.7 Å². The summed E-state index contributed by atoms with van der Waals surface area (Å²) in [4.78, 5) is 37.6. The highest BCUT2D eigenvalue weighted by Crippen LogP contribution is 2.44. The lowest BCUT2D eigenvalue weighted by Gasteiger charge is -2.21. The van der Waals surface area contributed by atoms with E-state index < -0.39 is 12.1 Å². The lowest BCUT2D eigenvalue weighted by molar-refractivity contribution is -0.138. The van der Waals surface area contributed by atoms with Gasteiger partial charge in [-0.1, -0.05) is 48.5 Å². The number of ether oxygens (including phenoxy) is 1. The molecule has 1 fully saturated rings. The monoisotopic (exact) mass is 474 g/mol. The zero-order valence-electron chi connectivity index (χ0n) is 19.1. The Hall–Kier alpha value is -4.14. The van der Waals surface area contributed by atoms with Crippen LogP contribution in [0.4, 0.5) is 10.5 Å². The number of hydrogen-bond donors (Lipinski definition) is 2. The number of rotatable bonds is 9. The number of aromatic nitrogens is 2. The van der Waals surface area contributed by atoms with Crippen molar-refractivity contribution in [2.45, 2.75) is 37.8 Å². The van der Waals surface area contributed by atoms with Crippen LogP contribution in [0.25, 0.3) is 11.1 Å². The molecule has 1 saturated carbocycles. The first-order chi connectivity index (χ1) is 17.0. The Balaban J connectivity index is 1.16. The third kappa shape index (κ3) is 5.03. The number of anilines is 1. The van der Waals surface area contributed by atoms with E-state index in [9.17, 15) is 14.4 Å². The molecule has 9 heteroatoms. The highest BCUT2D eigenvalue weighted by Gasteiger charge is 2.33. The molecule has 2 amide bonds. The van der Waals surface area contributed by atoms with Crippen LogP contribution in [0.1, 0.15) is 36.3 Å². The average molecular weight is 475 g/mol. The maximum atomic E-state index is 12.6. The van der Waals surface area contributed by atoms with Crippen molar-refractivity contribution in [1.29, 1.82) is 0 Å². The van der Waals surface area contributed by atoms with Crippen LogP contribution < -0.4 is 5.32 Å². The van der Waals surface area contributed by atoms with Crippen LogP contribution in [0.15, 0.2) is 60.9 Å². The summed E-state index contributed by atoms with van der Waals surface area (Å²) < 4.78 is 6.98. The summed E-state index contributed by atoms with van der Waals surface area (Å²) in [5.74, 6) is -1.16. The van der Waals surface area contributed by atoms with Gasteiger partial charge in [-0.2, -0.15) is 5.10 Å². The zero-order valence-corrected chi connectivity index (χ0v) is 19.1. The number of nitrogens with zero attached hydrogens (tertiary/aromatic N) is 3. The Bertz CT molecular complexity index is 1220. The molecular formula is C26H26N4O5. The number of amides is 2. The minimum absolute atomic E-state index is 0.0253. The SMILES string of the molecule is O=C(O)CCN(C(=O)Cn1cc(NC(=O)OCC2c3ccccc3-c3ccccc32)cn1)C1CC1. The summed E-state index contributed by atoms with van der Waals surface area (Å²) >= 11 is 0. The molecule has 2 aliphatic rings. The van der Waals surface area contributed by atoms with Gasteiger partial charge in [-0.15, -0.1) is 0 Å². The van der Waals surface area contributed by atoms with Crippen LogP contribution in [0.2, 0.25) is 0 Å². The molecule has 2 N–H and O–H groups in total. The Labute approximate surface area is 202 Å². The molecule has 0 saturated heterocycles. The van der Waals surface area contributed by atoms with Crippen LogP contribution in [-0.4, -0.2) is 57.0 Å². The van der Waals surface area contributed by atoms with Gasteiger partial charge in [0.15, 0.2) is 0 Å². The molecule has 35 heavy (non-hydrogen) atoms. The van der Waals surface area contributed by atoms with E-state index in [1.807, 2.05) is 24.3 Å². The number of hydrogen-bond acceptors (Lipinski definition) is 5. The van der Waals surface area contributed by atoms with E-state index in [-0.39, 0.29) is 44.0 Å². The molecule has 1 aromatic heterocycles. The molecule has 2 aliphatic carbocycles. The molecule has 1 heterocycles. The second-order valence-corrected chi connectivity index (χ2v) is 8.84. The summed E-state index contributed by atoms with van der Waals surface area (Å²) in [6.45, 7) is 0.361. The van der Waals surface area contributed by atoms with Gasteiger partial charge in [-0.05, 0) is 35.1 Å². The maximum Gasteiger partial charge on any atom is 0.411 e. The quantitative estimate of drug-likeness (QED) is 0.489. The van der Waals surface area contributed by atoms with Crippen LogP contribution in [0, 0.1) is 0 Å². The van der Waals surface area contributed by atoms with Crippen molar-refractivity contribution in [2.75, 3.05) is 18.5 Å². The van der Waals surface area contributed by atoms with Gasteiger partial charge < -0.3 is 14.7 Å². The van der Waals surface area contributed by atoms with Crippen LogP contribution in [-0.2, 0) is 20.9 Å². The highest BCUT2D eigenvalue weighted by atomic mass is 16.5. The van der Waals surface area contributed by atoms with E-state index in [1.165, 1.54) is 10.9 Å². The summed E-state index contributed by atoms with van der Waals surface area (Å²) in [7, 11) is 0. The van der Waals surface area contributed by atoms with E-state index in [4.69, 9.17) is 9.84 Å². The fraction of sp³-hybridized carbons (Fsp3) is 0.308. The maximum absolute atomic E-state index is 12.6. The predicted octanol–water partition coefficient (Wildman–Crippen LogP) is 3.71. The second-order valence-electron chi connectivity index (χ2n) is 8.84. The molecule has 5 rings (SSSR count). The molecule has 0 unspecified atom stereocenters. The van der Waals surface area contributed by atoms with E-state index >= 15 is 0 Å². The Morgan fingerprint density at radius 1 is 1.06 bits per heavy atom. The summed E-state index contributed by atoms with van der Waals surface area (Å²) in [6, 6.07) is 16.4. The molecule has 3 aromatic rings. The molecule has 180 valence electrons. The number of carbonyl (C=O) groups excluding carboxylic acids is 2. The highest BCUT2D eigenvalue weighted by molar-refractivity contribution is 5.85. The van der Waals surface area contributed by atoms with Gasteiger partial charge in [0.05, 0.1) is 18.3 Å². The van der Waals surface area contributed by atoms with Gasteiger partial charge in [0.1, 0.15) is 13.2 Å².